The highest BCUT2D eigenvalue weighted by Crippen LogP contribution is 2.39. The standard InChI is InChI=1S/C18H21N3O3/c22-15-8-14(9-15)18(20-17(23)10-21-5-4-19-11-21)13-1-2-16-12(7-13)3-6-24-16/h1-2,4-5,7,11,14-15,18,22H,3,6,8-10H2,(H,20,23). The zero-order valence-corrected chi connectivity index (χ0v) is 13.4. The molecular weight excluding hydrogens is 306 g/mol. The Bertz CT molecular complexity index is 723. The number of ether oxygens (including phenoxy) is 1. The second-order valence-corrected chi connectivity index (χ2v) is 6.63. The lowest BCUT2D eigenvalue weighted by Crippen LogP contribution is -2.42. The van der Waals surface area contributed by atoms with Crippen molar-refractivity contribution in [3.05, 3.63) is 48.0 Å². The van der Waals surface area contributed by atoms with Gasteiger partial charge in [0.2, 0.25) is 5.91 Å². The third kappa shape index (κ3) is 3.01. The van der Waals surface area contributed by atoms with Gasteiger partial charge < -0.3 is 19.7 Å². The van der Waals surface area contributed by atoms with Crippen LogP contribution in [0.3, 0.4) is 0 Å². The number of nitrogens with one attached hydrogen (secondary N) is 1. The van der Waals surface area contributed by atoms with Gasteiger partial charge in [0, 0.05) is 18.8 Å². The number of aliphatic hydroxyl groups is 1. The predicted octanol–water partition coefficient (Wildman–Crippen LogP) is 1.45. The van der Waals surface area contributed by atoms with Crippen molar-refractivity contribution in [1.29, 1.82) is 0 Å². The summed E-state index contributed by atoms with van der Waals surface area (Å²) in [6, 6.07) is 6.07. The Morgan fingerprint density at radius 1 is 1.46 bits per heavy atom. The van der Waals surface area contributed by atoms with Crippen LogP contribution in [0.5, 0.6) is 5.75 Å². The Morgan fingerprint density at radius 3 is 3.08 bits per heavy atom. The first-order chi connectivity index (χ1) is 11.7. The number of aromatic nitrogens is 2. The van der Waals surface area contributed by atoms with Crippen molar-refractivity contribution in [2.24, 2.45) is 5.92 Å². The average molecular weight is 327 g/mol. The number of aliphatic hydroxyl groups excluding tert-OH is 1. The van der Waals surface area contributed by atoms with E-state index in [1.165, 1.54) is 5.56 Å². The van der Waals surface area contributed by atoms with E-state index < -0.39 is 0 Å². The van der Waals surface area contributed by atoms with Crippen LogP contribution in [-0.4, -0.2) is 33.3 Å². The Labute approximate surface area is 140 Å². The highest BCUT2D eigenvalue weighted by molar-refractivity contribution is 5.76. The molecular formula is C18H21N3O3. The quantitative estimate of drug-likeness (QED) is 0.871. The number of fused-ring (bicyclic) bond motifs is 1. The van der Waals surface area contributed by atoms with Crippen LogP contribution in [0, 0.1) is 5.92 Å². The fourth-order valence-electron chi connectivity index (χ4n) is 3.54. The maximum Gasteiger partial charge on any atom is 0.240 e. The first kappa shape index (κ1) is 15.2. The summed E-state index contributed by atoms with van der Waals surface area (Å²) in [6.45, 7) is 0.971. The molecule has 1 aliphatic heterocycles. The number of rotatable bonds is 5. The number of imidazole rings is 1. The number of nitrogens with zero attached hydrogens (tertiary/aromatic N) is 2. The average Bonchev–Trinajstić information content (AvgIpc) is 3.20. The number of carbonyl (C=O) groups excluding carboxylic acids is 1. The van der Waals surface area contributed by atoms with E-state index in [0.717, 1.165) is 37.2 Å². The van der Waals surface area contributed by atoms with Gasteiger partial charge in [-0.2, -0.15) is 0 Å². The van der Waals surface area contributed by atoms with Crippen LogP contribution in [0.15, 0.2) is 36.9 Å². The summed E-state index contributed by atoms with van der Waals surface area (Å²) < 4.78 is 7.31. The second-order valence-electron chi connectivity index (χ2n) is 6.63. The highest BCUT2D eigenvalue weighted by atomic mass is 16.5. The number of amides is 1. The zero-order chi connectivity index (χ0) is 16.5. The maximum absolute atomic E-state index is 12.4. The first-order valence-corrected chi connectivity index (χ1v) is 8.38. The molecule has 6 heteroatoms. The lowest BCUT2D eigenvalue weighted by molar-refractivity contribution is -0.123. The molecule has 1 aliphatic carbocycles. The van der Waals surface area contributed by atoms with Gasteiger partial charge >= 0.3 is 0 Å². The van der Waals surface area contributed by atoms with Crippen molar-refractivity contribution in [2.75, 3.05) is 6.61 Å². The summed E-state index contributed by atoms with van der Waals surface area (Å²) in [7, 11) is 0. The van der Waals surface area contributed by atoms with Crippen molar-refractivity contribution in [1.82, 2.24) is 14.9 Å². The highest BCUT2D eigenvalue weighted by Gasteiger charge is 2.36. The molecule has 0 saturated heterocycles. The summed E-state index contributed by atoms with van der Waals surface area (Å²) in [4.78, 5) is 16.4. The van der Waals surface area contributed by atoms with Gasteiger partial charge in [0.1, 0.15) is 12.3 Å². The monoisotopic (exact) mass is 327 g/mol. The third-order valence-electron chi connectivity index (χ3n) is 4.90. The molecule has 1 atom stereocenters. The molecule has 2 aromatic rings. The molecule has 2 heterocycles. The van der Waals surface area contributed by atoms with E-state index in [-0.39, 0.29) is 30.5 Å². The molecule has 1 aromatic carbocycles. The topological polar surface area (TPSA) is 76.4 Å². The van der Waals surface area contributed by atoms with Gasteiger partial charge in [0.15, 0.2) is 0 Å². The van der Waals surface area contributed by atoms with Gasteiger partial charge in [-0.25, -0.2) is 4.98 Å². The molecule has 4 rings (SSSR count). The molecule has 1 aromatic heterocycles. The van der Waals surface area contributed by atoms with E-state index in [1.807, 2.05) is 12.1 Å². The van der Waals surface area contributed by atoms with Crippen molar-refractivity contribution in [3.63, 3.8) is 0 Å². The van der Waals surface area contributed by atoms with Crippen molar-refractivity contribution in [2.45, 2.75) is 38.0 Å². The molecule has 1 amide bonds. The minimum Gasteiger partial charge on any atom is -0.493 e. The van der Waals surface area contributed by atoms with Gasteiger partial charge in [-0.1, -0.05) is 6.07 Å². The third-order valence-corrected chi connectivity index (χ3v) is 4.90. The Hall–Kier alpha value is -2.34. The fourth-order valence-corrected chi connectivity index (χ4v) is 3.54. The lowest BCUT2D eigenvalue weighted by atomic mass is 9.75. The number of carbonyl (C=O) groups is 1. The molecule has 126 valence electrons. The van der Waals surface area contributed by atoms with Crippen LogP contribution in [0.1, 0.15) is 30.0 Å². The Kier molecular flexibility index (Phi) is 3.98. The smallest absolute Gasteiger partial charge is 0.240 e. The summed E-state index contributed by atoms with van der Waals surface area (Å²) in [5, 5.41) is 12.8. The van der Waals surface area contributed by atoms with E-state index >= 15 is 0 Å². The van der Waals surface area contributed by atoms with Crippen LogP contribution < -0.4 is 10.1 Å². The lowest BCUT2D eigenvalue weighted by Gasteiger charge is -2.38. The molecule has 2 aliphatic rings. The maximum atomic E-state index is 12.4. The summed E-state index contributed by atoms with van der Waals surface area (Å²) in [6.07, 6.45) is 7.18. The number of hydrogen-bond acceptors (Lipinski definition) is 4. The summed E-state index contributed by atoms with van der Waals surface area (Å²) in [5.41, 5.74) is 2.29. The van der Waals surface area contributed by atoms with E-state index in [1.54, 1.807) is 23.3 Å². The Balaban J connectivity index is 1.52. The van der Waals surface area contributed by atoms with Crippen LogP contribution >= 0.6 is 0 Å². The molecule has 2 N–H and O–H groups in total. The minimum absolute atomic E-state index is 0.0452. The van der Waals surface area contributed by atoms with Crippen molar-refractivity contribution in [3.8, 4) is 5.75 Å². The van der Waals surface area contributed by atoms with E-state index in [4.69, 9.17) is 4.74 Å². The molecule has 0 radical (unpaired) electrons. The summed E-state index contributed by atoms with van der Waals surface area (Å²) in [5.74, 6) is 1.17. The molecule has 1 fully saturated rings. The van der Waals surface area contributed by atoms with Gasteiger partial charge in [0.05, 0.1) is 25.1 Å². The van der Waals surface area contributed by atoms with Gasteiger partial charge in [0.25, 0.3) is 0 Å². The van der Waals surface area contributed by atoms with Crippen LogP contribution in [0.25, 0.3) is 0 Å². The molecule has 24 heavy (non-hydrogen) atoms. The van der Waals surface area contributed by atoms with Crippen LogP contribution in [0.4, 0.5) is 0 Å². The van der Waals surface area contributed by atoms with E-state index in [2.05, 4.69) is 16.4 Å². The summed E-state index contributed by atoms with van der Waals surface area (Å²) >= 11 is 0. The Morgan fingerprint density at radius 2 is 2.33 bits per heavy atom. The molecule has 0 bridgehead atoms. The van der Waals surface area contributed by atoms with Crippen molar-refractivity contribution < 1.29 is 14.6 Å². The van der Waals surface area contributed by atoms with Crippen LogP contribution in [-0.2, 0) is 17.8 Å². The van der Waals surface area contributed by atoms with Gasteiger partial charge in [-0.15, -0.1) is 0 Å². The zero-order valence-electron chi connectivity index (χ0n) is 13.4. The normalized spacial score (nSPS) is 23.0. The minimum atomic E-state index is -0.249. The van der Waals surface area contributed by atoms with Crippen molar-refractivity contribution >= 4 is 5.91 Å². The fraction of sp³-hybridized carbons (Fsp3) is 0.444. The molecule has 0 spiro atoms. The van der Waals surface area contributed by atoms with Gasteiger partial charge in [-0.3, -0.25) is 4.79 Å². The second kappa shape index (κ2) is 6.28. The van der Waals surface area contributed by atoms with Crippen LogP contribution in [0.2, 0.25) is 0 Å². The van der Waals surface area contributed by atoms with E-state index in [0.29, 0.717) is 0 Å². The van der Waals surface area contributed by atoms with Gasteiger partial charge in [-0.05, 0) is 42.0 Å². The molecule has 6 nitrogen and oxygen atoms in total. The molecule has 1 saturated carbocycles. The van der Waals surface area contributed by atoms with E-state index in [9.17, 15) is 9.90 Å². The SMILES string of the molecule is O=C(Cn1ccnc1)NC(c1ccc2c(c1)CCO2)C1CC(O)C1. The predicted molar refractivity (Wildman–Crippen MR) is 87.5 cm³/mol. The number of hydrogen-bond donors (Lipinski definition) is 2. The number of benzene rings is 1. The largest absolute Gasteiger partial charge is 0.493 e. The molecule has 1 unspecified atom stereocenters. The first-order valence-electron chi connectivity index (χ1n) is 8.38.